The second-order valence-corrected chi connectivity index (χ2v) is 6.81. The van der Waals surface area contributed by atoms with Crippen LogP contribution in [0.4, 0.5) is 0 Å². The van der Waals surface area contributed by atoms with Gasteiger partial charge in [-0.2, -0.15) is 4.72 Å². The van der Waals surface area contributed by atoms with Crippen LogP contribution in [0.3, 0.4) is 0 Å². The standard InChI is InChI=1S/C9H12ClNO4S2/c1-3-15-9(12)6(2)11-17(13,14)8-5-4-7(10)16-8/h4-6,11H,3H2,1-2H3. The molecule has 0 fully saturated rings. The Labute approximate surface area is 109 Å². The van der Waals surface area contributed by atoms with Gasteiger partial charge in [-0.3, -0.25) is 4.79 Å². The Balaban J connectivity index is 2.77. The molecule has 1 aromatic heterocycles. The first kappa shape index (κ1) is 14.4. The Morgan fingerprint density at radius 1 is 1.59 bits per heavy atom. The average molecular weight is 298 g/mol. The highest BCUT2D eigenvalue weighted by molar-refractivity contribution is 7.91. The summed E-state index contributed by atoms with van der Waals surface area (Å²) in [5.74, 6) is -0.612. The summed E-state index contributed by atoms with van der Waals surface area (Å²) in [6.45, 7) is 3.28. The van der Waals surface area contributed by atoms with Gasteiger partial charge in [-0.1, -0.05) is 11.6 Å². The van der Waals surface area contributed by atoms with Crippen LogP contribution in [-0.2, 0) is 19.6 Å². The van der Waals surface area contributed by atoms with Crippen LogP contribution < -0.4 is 4.72 Å². The molecule has 0 aliphatic heterocycles. The molecular weight excluding hydrogens is 286 g/mol. The van der Waals surface area contributed by atoms with Gasteiger partial charge in [0.05, 0.1) is 10.9 Å². The highest BCUT2D eigenvalue weighted by Gasteiger charge is 2.24. The monoisotopic (exact) mass is 297 g/mol. The van der Waals surface area contributed by atoms with Gasteiger partial charge in [0.25, 0.3) is 10.0 Å². The lowest BCUT2D eigenvalue weighted by Crippen LogP contribution is -2.39. The van der Waals surface area contributed by atoms with Crippen molar-refractivity contribution in [1.82, 2.24) is 4.72 Å². The molecule has 0 bridgehead atoms. The number of carbonyl (C=O) groups is 1. The maximum absolute atomic E-state index is 11.8. The van der Waals surface area contributed by atoms with Gasteiger partial charge in [0.1, 0.15) is 10.3 Å². The van der Waals surface area contributed by atoms with E-state index in [1.165, 1.54) is 19.1 Å². The highest BCUT2D eigenvalue weighted by atomic mass is 35.5. The third-order valence-electron chi connectivity index (χ3n) is 1.79. The van der Waals surface area contributed by atoms with Crippen molar-refractivity contribution in [3.05, 3.63) is 16.5 Å². The van der Waals surface area contributed by atoms with Crippen LogP contribution in [0.2, 0.25) is 4.34 Å². The topological polar surface area (TPSA) is 72.5 Å². The van der Waals surface area contributed by atoms with Crippen molar-refractivity contribution in [3.63, 3.8) is 0 Å². The molecule has 1 aromatic rings. The van der Waals surface area contributed by atoms with Gasteiger partial charge in [-0.05, 0) is 26.0 Å². The fourth-order valence-corrected chi connectivity index (χ4v) is 3.74. The molecular formula is C9H12ClNO4S2. The summed E-state index contributed by atoms with van der Waals surface area (Å²) >= 11 is 6.57. The third-order valence-corrected chi connectivity index (χ3v) is 5.05. The molecule has 96 valence electrons. The predicted molar refractivity (Wildman–Crippen MR) is 65.7 cm³/mol. The summed E-state index contributed by atoms with van der Waals surface area (Å²) in [5, 5.41) is 0. The van der Waals surface area contributed by atoms with Gasteiger partial charge in [-0.25, -0.2) is 8.42 Å². The first-order chi connectivity index (χ1) is 7.86. The molecule has 0 saturated carbocycles. The lowest BCUT2D eigenvalue weighted by molar-refractivity contribution is -0.144. The molecule has 1 unspecified atom stereocenters. The van der Waals surface area contributed by atoms with E-state index in [1.54, 1.807) is 6.92 Å². The Morgan fingerprint density at radius 2 is 2.24 bits per heavy atom. The number of esters is 1. The molecule has 1 rings (SSSR count). The van der Waals surface area contributed by atoms with Crippen molar-refractivity contribution in [2.24, 2.45) is 0 Å². The molecule has 8 heteroatoms. The molecule has 0 amide bonds. The number of hydrogen-bond acceptors (Lipinski definition) is 5. The molecule has 0 aliphatic carbocycles. The quantitative estimate of drug-likeness (QED) is 0.839. The first-order valence-corrected chi connectivity index (χ1v) is 7.49. The predicted octanol–water partition coefficient (Wildman–Crippen LogP) is 1.63. The van der Waals surface area contributed by atoms with Crippen molar-refractivity contribution in [2.45, 2.75) is 24.1 Å². The van der Waals surface area contributed by atoms with Gasteiger partial charge in [-0.15, -0.1) is 11.3 Å². The maximum atomic E-state index is 11.8. The Morgan fingerprint density at radius 3 is 2.71 bits per heavy atom. The Hall–Kier alpha value is -0.630. The maximum Gasteiger partial charge on any atom is 0.323 e. The summed E-state index contributed by atoms with van der Waals surface area (Å²) < 4.78 is 31.0. The van der Waals surface area contributed by atoms with Gasteiger partial charge < -0.3 is 4.74 Å². The average Bonchev–Trinajstić information content (AvgIpc) is 2.65. The van der Waals surface area contributed by atoms with E-state index in [9.17, 15) is 13.2 Å². The van der Waals surface area contributed by atoms with Crippen molar-refractivity contribution in [1.29, 1.82) is 0 Å². The SMILES string of the molecule is CCOC(=O)C(C)NS(=O)(=O)c1ccc(Cl)s1. The number of halogens is 1. The number of nitrogens with one attached hydrogen (secondary N) is 1. The van der Waals surface area contributed by atoms with Crippen LogP contribution in [0, 0.1) is 0 Å². The van der Waals surface area contributed by atoms with Gasteiger partial charge in [0.2, 0.25) is 0 Å². The molecule has 17 heavy (non-hydrogen) atoms. The summed E-state index contributed by atoms with van der Waals surface area (Å²) in [5.41, 5.74) is 0. The van der Waals surface area contributed by atoms with Crippen LogP contribution in [0.1, 0.15) is 13.8 Å². The number of rotatable bonds is 5. The van der Waals surface area contributed by atoms with Gasteiger partial charge in [0.15, 0.2) is 0 Å². The molecule has 0 aliphatic rings. The van der Waals surface area contributed by atoms with Crippen molar-refractivity contribution < 1.29 is 17.9 Å². The van der Waals surface area contributed by atoms with Crippen LogP contribution in [0.15, 0.2) is 16.3 Å². The first-order valence-electron chi connectivity index (χ1n) is 4.81. The van der Waals surface area contributed by atoms with Crippen LogP contribution in [0.25, 0.3) is 0 Å². The van der Waals surface area contributed by atoms with Gasteiger partial charge in [0, 0.05) is 0 Å². The number of carbonyl (C=O) groups excluding carboxylic acids is 1. The fraction of sp³-hybridized carbons (Fsp3) is 0.444. The van der Waals surface area contributed by atoms with E-state index >= 15 is 0 Å². The van der Waals surface area contributed by atoms with Crippen molar-refractivity contribution >= 4 is 38.9 Å². The zero-order valence-corrected chi connectivity index (χ0v) is 11.7. The number of sulfonamides is 1. The third kappa shape index (κ3) is 3.95. The molecule has 0 saturated heterocycles. The number of hydrogen-bond donors (Lipinski definition) is 1. The molecule has 5 nitrogen and oxygen atoms in total. The molecule has 1 N–H and O–H groups in total. The lowest BCUT2D eigenvalue weighted by atomic mass is 10.4. The van der Waals surface area contributed by atoms with Crippen molar-refractivity contribution in [3.8, 4) is 0 Å². The summed E-state index contributed by atoms with van der Waals surface area (Å²) in [6.07, 6.45) is 0. The van der Waals surface area contributed by atoms with Crippen LogP contribution in [0.5, 0.6) is 0 Å². The minimum Gasteiger partial charge on any atom is -0.465 e. The lowest BCUT2D eigenvalue weighted by Gasteiger charge is -2.11. The zero-order valence-electron chi connectivity index (χ0n) is 9.27. The second kappa shape index (κ2) is 5.81. The molecule has 1 atom stereocenters. The minimum atomic E-state index is -3.72. The van der Waals surface area contributed by atoms with E-state index in [-0.39, 0.29) is 10.8 Å². The second-order valence-electron chi connectivity index (χ2n) is 3.15. The molecule has 0 radical (unpaired) electrons. The Kier molecular flexibility index (Phi) is 4.93. The van der Waals surface area contributed by atoms with Crippen LogP contribution in [-0.4, -0.2) is 27.0 Å². The van der Waals surface area contributed by atoms with E-state index in [2.05, 4.69) is 4.72 Å². The number of thiophene rings is 1. The largest absolute Gasteiger partial charge is 0.465 e. The Bertz CT molecular complexity index is 497. The van der Waals surface area contributed by atoms with Gasteiger partial charge >= 0.3 is 5.97 Å². The van der Waals surface area contributed by atoms with E-state index < -0.39 is 22.0 Å². The number of ether oxygens (including phenoxy) is 1. The molecule has 0 aromatic carbocycles. The zero-order chi connectivity index (χ0) is 13.1. The van der Waals surface area contributed by atoms with E-state index in [1.807, 2.05) is 0 Å². The summed E-state index contributed by atoms with van der Waals surface area (Å²) in [6, 6.07) is 1.93. The van der Waals surface area contributed by atoms with E-state index in [0.29, 0.717) is 4.34 Å². The minimum absolute atomic E-state index is 0.0682. The summed E-state index contributed by atoms with van der Waals surface area (Å²) in [4.78, 5) is 11.3. The van der Waals surface area contributed by atoms with Crippen LogP contribution >= 0.6 is 22.9 Å². The summed E-state index contributed by atoms with van der Waals surface area (Å²) in [7, 11) is -3.72. The molecule has 1 heterocycles. The van der Waals surface area contributed by atoms with Crippen molar-refractivity contribution in [2.75, 3.05) is 6.61 Å². The molecule has 0 spiro atoms. The van der Waals surface area contributed by atoms with E-state index in [0.717, 1.165) is 11.3 Å². The smallest absolute Gasteiger partial charge is 0.323 e. The highest BCUT2D eigenvalue weighted by Crippen LogP contribution is 2.25. The normalized spacial score (nSPS) is 13.4. The van der Waals surface area contributed by atoms with E-state index in [4.69, 9.17) is 16.3 Å². The fourth-order valence-electron chi connectivity index (χ4n) is 1.05.